The summed E-state index contributed by atoms with van der Waals surface area (Å²) in [5.74, 6) is -0.894. The van der Waals surface area contributed by atoms with E-state index in [-0.39, 0.29) is 5.60 Å². The highest BCUT2D eigenvalue weighted by Crippen LogP contribution is 2.15. The first-order chi connectivity index (χ1) is 6.88. The minimum Gasteiger partial charge on any atom is -0.478 e. The number of carboxylic acid groups (broad SMARTS) is 1. The van der Waals surface area contributed by atoms with Crippen molar-refractivity contribution in [3.05, 3.63) is 21.9 Å². The van der Waals surface area contributed by atoms with Crippen molar-refractivity contribution < 1.29 is 14.7 Å². The summed E-state index contributed by atoms with van der Waals surface area (Å²) in [5.41, 5.74) is 2.89. The molecule has 5 heteroatoms. The number of aromatic carboxylic acids is 1. The first-order valence-corrected chi connectivity index (χ1v) is 5.48. The van der Waals surface area contributed by atoms with Gasteiger partial charge in [0.15, 0.2) is 0 Å². The highest BCUT2D eigenvalue weighted by molar-refractivity contribution is 7.10. The van der Waals surface area contributed by atoms with Crippen LogP contribution in [0.15, 0.2) is 11.4 Å². The van der Waals surface area contributed by atoms with Crippen LogP contribution in [0.4, 0.5) is 0 Å². The van der Waals surface area contributed by atoms with Crippen molar-refractivity contribution in [3.8, 4) is 0 Å². The SMILES string of the molecule is CC(C)(C)ONCc1cc(C(=O)O)cs1. The predicted octanol–water partition coefficient (Wildman–Crippen LogP) is 2.27. The van der Waals surface area contributed by atoms with Crippen molar-refractivity contribution in [3.63, 3.8) is 0 Å². The summed E-state index contributed by atoms with van der Waals surface area (Å²) in [6.45, 7) is 6.35. The molecule has 1 heterocycles. The number of hydrogen-bond acceptors (Lipinski definition) is 4. The van der Waals surface area contributed by atoms with Gasteiger partial charge in [-0.15, -0.1) is 11.3 Å². The van der Waals surface area contributed by atoms with Gasteiger partial charge in [-0.3, -0.25) is 4.84 Å². The molecule has 1 aromatic heterocycles. The van der Waals surface area contributed by atoms with Gasteiger partial charge in [0.2, 0.25) is 0 Å². The highest BCUT2D eigenvalue weighted by Gasteiger charge is 2.11. The lowest BCUT2D eigenvalue weighted by Crippen LogP contribution is -2.28. The first kappa shape index (κ1) is 12.2. The lowest BCUT2D eigenvalue weighted by atomic mass is 10.2. The molecule has 2 N–H and O–H groups in total. The Morgan fingerprint density at radius 2 is 2.27 bits per heavy atom. The number of carboxylic acids is 1. The second kappa shape index (κ2) is 4.74. The number of thiophene rings is 1. The van der Waals surface area contributed by atoms with E-state index < -0.39 is 5.97 Å². The maximum atomic E-state index is 10.6. The molecule has 0 bridgehead atoms. The van der Waals surface area contributed by atoms with Gasteiger partial charge < -0.3 is 5.11 Å². The summed E-state index contributed by atoms with van der Waals surface area (Å²) in [6, 6.07) is 1.64. The van der Waals surface area contributed by atoms with E-state index >= 15 is 0 Å². The van der Waals surface area contributed by atoms with E-state index in [0.29, 0.717) is 12.1 Å². The molecule has 0 radical (unpaired) electrons. The van der Waals surface area contributed by atoms with Crippen LogP contribution in [0, 0.1) is 0 Å². The van der Waals surface area contributed by atoms with Crippen LogP contribution >= 0.6 is 11.3 Å². The Kier molecular flexibility index (Phi) is 3.84. The Morgan fingerprint density at radius 3 is 2.73 bits per heavy atom. The number of nitrogens with one attached hydrogen (secondary N) is 1. The largest absolute Gasteiger partial charge is 0.478 e. The van der Waals surface area contributed by atoms with Crippen LogP contribution in [0.1, 0.15) is 36.0 Å². The fourth-order valence-electron chi connectivity index (χ4n) is 0.909. The average Bonchev–Trinajstić information content (AvgIpc) is 2.50. The number of hydroxylamine groups is 1. The van der Waals surface area contributed by atoms with Crippen LogP contribution in [0.2, 0.25) is 0 Å². The number of rotatable bonds is 4. The second-order valence-electron chi connectivity index (χ2n) is 4.14. The Balaban J connectivity index is 2.41. The van der Waals surface area contributed by atoms with Crippen LogP contribution in [0.25, 0.3) is 0 Å². The zero-order chi connectivity index (χ0) is 11.5. The van der Waals surface area contributed by atoms with Crippen LogP contribution in [-0.2, 0) is 11.4 Å². The van der Waals surface area contributed by atoms with Gasteiger partial charge in [0.25, 0.3) is 0 Å². The fourth-order valence-corrected chi connectivity index (χ4v) is 1.69. The molecule has 4 nitrogen and oxygen atoms in total. The van der Waals surface area contributed by atoms with E-state index in [2.05, 4.69) is 5.48 Å². The van der Waals surface area contributed by atoms with Crippen LogP contribution < -0.4 is 5.48 Å². The van der Waals surface area contributed by atoms with Gasteiger partial charge in [0, 0.05) is 10.3 Å². The standard InChI is InChI=1S/C10H15NO3S/c1-10(2,3)14-11-5-8-4-7(6-15-8)9(12)13/h4,6,11H,5H2,1-3H3,(H,12,13). The van der Waals surface area contributed by atoms with Crippen molar-refractivity contribution >= 4 is 17.3 Å². The van der Waals surface area contributed by atoms with Crippen molar-refractivity contribution in [2.45, 2.75) is 32.9 Å². The molecule has 15 heavy (non-hydrogen) atoms. The minimum atomic E-state index is -0.894. The van der Waals surface area contributed by atoms with E-state index in [1.54, 1.807) is 11.4 Å². The Labute approximate surface area is 92.8 Å². The van der Waals surface area contributed by atoms with Crippen molar-refractivity contribution in [1.82, 2.24) is 5.48 Å². The maximum Gasteiger partial charge on any atom is 0.336 e. The van der Waals surface area contributed by atoms with Gasteiger partial charge in [-0.05, 0) is 26.8 Å². The molecule has 0 saturated carbocycles. The molecule has 0 amide bonds. The topological polar surface area (TPSA) is 58.6 Å². The molecule has 1 aromatic rings. The summed E-state index contributed by atoms with van der Waals surface area (Å²) < 4.78 is 0. The molecule has 0 saturated heterocycles. The maximum absolute atomic E-state index is 10.6. The number of carbonyl (C=O) groups is 1. The molecular weight excluding hydrogens is 214 g/mol. The van der Waals surface area contributed by atoms with Gasteiger partial charge in [0.1, 0.15) is 0 Å². The van der Waals surface area contributed by atoms with Crippen LogP contribution in [0.3, 0.4) is 0 Å². The molecule has 0 unspecified atom stereocenters. The van der Waals surface area contributed by atoms with E-state index in [9.17, 15) is 4.79 Å². The molecule has 0 aliphatic heterocycles. The molecule has 1 rings (SSSR count). The predicted molar refractivity (Wildman–Crippen MR) is 59.0 cm³/mol. The fraction of sp³-hybridized carbons (Fsp3) is 0.500. The summed E-state index contributed by atoms with van der Waals surface area (Å²) in [6.07, 6.45) is 0. The van der Waals surface area contributed by atoms with Gasteiger partial charge in [-0.25, -0.2) is 4.79 Å². The highest BCUT2D eigenvalue weighted by atomic mass is 32.1. The van der Waals surface area contributed by atoms with Gasteiger partial charge >= 0.3 is 5.97 Å². The molecule has 0 aliphatic rings. The summed E-state index contributed by atoms with van der Waals surface area (Å²) in [4.78, 5) is 16.9. The zero-order valence-corrected chi connectivity index (χ0v) is 9.85. The molecule has 0 aliphatic carbocycles. The molecule has 0 spiro atoms. The monoisotopic (exact) mass is 229 g/mol. The van der Waals surface area contributed by atoms with E-state index in [4.69, 9.17) is 9.94 Å². The summed E-state index contributed by atoms with van der Waals surface area (Å²) in [7, 11) is 0. The van der Waals surface area contributed by atoms with Crippen LogP contribution in [-0.4, -0.2) is 16.7 Å². The van der Waals surface area contributed by atoms with Crippen molar-refractivity contribution in [1.29, 1.82) is 0 Å². The van der Waals surface area contributed by atoms with E-state index in [0.717, 1.165) is 4.88 Å². The minimum absolute atomic E-state index is 0.243. The van der Waals surface area contributed by atoms with Crippen LogP contribution in [0.5, 0.6) is 0 Å². The second-order valence-corrected chi connectivity index (χ2v) is 5.14. The Morgan fingerprint density at radius 1 is 1.60 bits per heavy atom. The first-order valence-electron chi connectivity index (χ1n) is 4.60. The summed E-state index contributed by atoms with van der Waals surface area (Å²) in [5, 5.41) is 10.3. The average molecular weight is 229 g/mol. The third-order valence-electron chi connectivity index (χ3n) is 1.53. The van der Waals surface area contributed by atoms with E-state index in [1.807, 2.05) is 20.8 Å². The Hall–Kier alpha value is -0.910. The lowest BCUT2D eigenvalue weighted by Gasteiger charge is -2.18. The van der Waals surface area contributed by atoms with Gasteiger partial charge in [0.05, 0.1) is 17.7 Å². The third kappa shape index (κ3) is 4.42. The quantitative estimate of drug-likeness (QED) is 0.777. The molecule has 0 aromatic carbocycles. The summed E-state index contributed by atoms with van der Waals surface area (Å²) >= 11 is 1.41. The Bertz CT molecular complexity index is 341. The van der Waals surface area contributed by atoms with E-state index in [1.165, 1.54) is 11.3 Å². The molecule has 0 fully saturated rings. The molecule has 84 valence electrons. The molecular formula is C10H15NO3S. The van der Waals surface area contributed by atoms with Gasteiger partial charge in [-0.2, -0.15) is 5.48 Å². The normalized spacial score (nSPS) is 11.7. The van der Waals surface area contributed by atoms with Crippen molar-refractivity contribution in [2.24, 2.45) is 0 Å². The number of hydrogen-bond donors (Lipinski definition) is 2. The lowest BCUT2D eigenvalue weighted by molar-refractivity contribution is -0.0754. The smallest absolute Gasteiger partial charge is 0.336 e. The van der Waals surface area contributed by atoms with Crippen molar-refractivity contribution in [2.75, 3.05) is 0 Å². The molecule has 0 atom stereocenters. The zero-order valence-electron chi connectivity index (χ0n) is 9.03. The third-order valence-corrected chi connectivity index (χ3v) is 2.46. The van der Waals surface area contributed by atoms with Gasteiger partial charge in [-0.1, -0.05) is 0 Å².